The zero-order chi connectivity index (χ0) is 21.7. The molecule has 29 heavy (non-hydrogen) atoms. The molecule has 0 aliphatic carbocycles. The van der Waals surface area contributed by atoms with Crippen LogP contribution in [0.1, 0.15) is 12.5 Å². The lowest BCUT2D eigenvalue weighted by atomic mass is 10.2. The van der Waals surface area contributed by atoms with Crippen LogP contribution in [0.4, 0.5) is 23.2 Å². The highest BCUT2D eigenvalue weighted by Crippen LogP contribution is 2.19. The van der Waals surface area contributed by atoms with E-state index in [-0.39, 0.29) is 19.0 Å². The molecule has 1 unspecified atom stereocenters. The molecule has 2 aromatic rings. The first-order chi connectivity index (χ1) is 13.6. The number of likely N-dealkylation sites (N-methyl/N-ethyl adjacent to an activating group) is 2. The van der Waals surface area contributed by atoms with E-state index in [1.807, 2.05) is 0 Å². The predicted molar refractivity (Wildman–Crippen MR) is 99.0 cm³/mol. The molecular formula is C20H22F4N3O2+. The molecule has 0 spiro atoms. The van der Waals surface area contributed by atoms with Gasteiger partial charge in [0.2, 0.25) is 0 Å². The first-order valence-electron chi connectivity index (χ1n) is 8.85. The van der Waals surface area contributed by atoms with Gasteiger partial charge in [0.05, 0.1) is 12.7 Å². The number of benzene rings is 2. The van der Waals surface area contributed by atoms with Crippen molar-refractivity contribution in [2.24, 2.45) is 0 Å². The zero-order valence-electron chi connectivity index (χ0n) is 16.2. The van der Waals surface area contributed by atoms with Crippen molar-refractivity contribution in [3.05, 3.63) is 65.2 Å². The number of halogens is 4. The monoisotopic (exact) mass is 412 g/mol. The van der Waals surface area contributed by atoms with Crippen LogP contribution >= 0.6 is 0 Å². The molecule has 0 saturated carbocycles. The number of amides is 2. The lowest BCUT2D eigenvalue weighted by molar-refractivity contribution is -0.886. The summed E-state index contributed by atoms with van der Waals surface area (Å²) < 4.78 is 53.2. The van der Waals surface area contributed by atoms with E-state index in [0.717, 1.165) is 6.07 Å². The summed E-state index contributed by atoms with van der Waals surface area (Å²) in [5.74, 6) is -5.87. The fourth-order valence-electron chi connectivity index (χ4n) is 2.75. The fourth-order valence-corrected chi connectivity index (χ4v) is 2.75. The fraction of sp³-hybridized carbons (Fsp3) is 0.300. The molecule has 2 N–H and O–H groups in total. The Kier molecular flexibility index (Phi) is 7.33. The third kappa shape index (κ3) is 5.77. The van der Waals surface area contributed by atoms with E-state index in [4.69, 9.17) is 0 Å². The molecule has 0 heterocycles. The van der Waals surface area contributed by atoms with Gasteiger partial charge in [0.15, 0.2) is 30.0 Å². The molecule has 0 radical (unpaired) electrons. The van der Waals surface area contributed by atoms with Crippen LogP contribution in [0.2, 0.25) is 0 Å². The molecule has 2 rings (SSSR count). The normalized spacial score (nSPS) is 12.9. The zero-order valence-corrected chi connectivity index (χ0v) is 16.2. The van der Waals surface area contributed by atoms with E-state index < -0.39 is 40.9 Å². The molecule has 0 bridgehead atoms. The Morgan fingerprint density at radius 2 is 1.79 bits per heavy atom. The molecule has 2 amide bonds. The van der Waals surface area contributed by atoms with Crippen molar-refractivity contribution in [2.75, 3.05) is 26.0 Å². The summed E-state index contributed by atoms with van der Waals surface area (Å²) in [6.07, 6.45) is 0. The maximum atomic E-state index is 13.7. The highest BCUT2D eigenvalue weighted by molar-refractivity contribution is 5.91. The molecule has 0 aliphatic rings. The molecule has 0 saturated heterocycles. The van der Waals surface area contributed by atoms with Gasteiger partial charge in [-0.25, -0.2) is 17.6 Å². The van der Waals surface area contributed by atoms with Crippen molar-refractivity contribution in [1.29, 1.82) is 0 Å². The first kappa shape index (κ1) is 22.4. The Morgan fingerprint density at radius 1 is 1.10 bits per heavy atom. The molecule has 156 valence electrons. The lowest BCUT2D eigenvalue weighted by Crippen LogP contribution is -3.15. The molecule has 5 nitrogen and oxygen atoms in total. The Morgan fingerprint density at radius 3 is 2.45 bits per heavy atom. The van der Waals surface area contributed by atoms with Crippen LogP contribution in [0.15, 0.2) is 36.4 Å². The number of carbonyl (C=O) groups excluding carboxylic acids is 2. The highest BCUT2D eigenvalue weighted by Gasteiger charge is 2.27. The number of rotatable bonds is 7. The molecule has 0 aromatic heterocycles. The van der Waals surface area contributed by atoms with Crippen LogP contribution < -0.4 is 10.2 Å². The molecule has 9 heteroatoms. The van der Waals surface area contributed by atoms with E-state index in [1.54, 1.807) is 33.2 Å². The van der Waals surface area contributed by atoms with Crippen LogP contribution in [0.5, 0.6) is 0 Å². The van der Waals surface area contributed by atoms with Gasteiger partial charge in [-0.3, -0.25) is 9.59 Å². The lowest BCUT2D eigenvalue weighted by Gasteiger charge is -2.25. The average Bonchev–Trinajstić information content (AvgIpc) is 2.67. The molecule has 2 atom stereocenters. The van der Waals surface area contributed by atoms with Crippen molar-refractivity contribution in [3.63, 3.8) is 0 Å². The molecule has 0 fully saturated rings. The number of hydrogen-bond donors (Lipinski definition) is 2. The first-order valence-corrected chi connectivity index (χ1v) is 8.85. The van der Waals surface area contributed by atoms with Gasteiger partial charge in [0, 0.05) is 13.6 Å². The van der Waals surface area contributed by atoms with Crippen LogP contribution in [0.3, 0.4) is 0 Å². The van der Waals surface area contributed by atoms with Crippen molar-refractivity contribution in [3.8, 4) is 0 Å². The summed E-state index contributed by atoms with van der Waals surface area (Å²) in [4.78, 5) is 26.6. The molecule has 0 aliphatic heterocycles. The Bertz CT molecular complexity index is 907. The van der Waals surface area contributed by atoms with Crippen LogP contribution in [0.25, 0.3) is 0 Å². The van der Waals surface area contributed by atoms with Gasteiger partial charge in [-0.15, -0.1) is 0 Å². The smallest absolute Gasteiger partial charge is 0.280 e. The van der Waals surface area contributed by atoms with Crippen LogP contribution in [-0.2, 0) is 16.1 Å². The third-order valence-electron chi connectivity index (χ3n) is 4.54. The van der Waals surface area contributed by atoms with Gasteiger partial charge in [-0.05, 0) is 36.8 Å². The van der Waals surface area contributed by atoms with Crippen molar-refractivity contribution < 1.29 is 32.1 Å². The van der Waals surface area contributed by atoms with E-state index in [1.165, 1.54) is 17.0 Å². The summed E-state index contributed by atoms with van der Waals surface area (Å²) in [6.45, 7) is 1.60. The summed E-state index contributed by atoms with van der Waals surface area (Å²) in [6, 6.07) is 6.87. The third-order valence-corrected chi connectivity index (χ3v) is 4.54. The van der Waals surface area contributed by atoms with Gasteiger partial charge in [-0.2, -0.15) is 0 Å². The van der Waals surface area contributed by atoms with Crippen molar-refractivity contribution in [2.45, 2.75) is 19.5 Å². The van der Waals surface area contributed by atoms with Crippen LogP contribution in [0, 0.1) is 23.3 Å². The Hall–Kier alpha value is -2.94. The van der Waals surface area contributed by atoms with Crippen LogP contribution in [-0.4, -0.2) is 43.4 Å². The number of carbonyl (C=O) groups is 2. The topological polar surface area (TPSA) is 53.9 Å². The number of nitrogens with one attached hydrogen (secondary N) is 2. The second kappa shape index (κ2) is 9.51. The van der Waals surface area contributed by atoms with E-state index >= 15 is 0 Å². The molecule has 2 aromatic carbocycles. The van der Waals surface area contributed by atoms with Gasteiger partial charge >= 0.3 is 0 Å². The second-order valence-corrected chi connectivity index (χ2v) is 6.84. The van der Waals surface area contributed by atoms with E-state index in [0.29, 0.717) is 16.5 Å². The SMILES string of the molecule is C[C@H](C(=O)N(C)Cc1cccc(F)c1)[NH+](C)CC(=O)Nc1ccc(F)c(F)c1F. The Balaban J connectivity index is 1.95. The quantitative estimate of drug-likeness (QED) is 0.538. The van der Waals surface area contributed by atoms with Gasteiger partial charge < -0.3 is 15.1 Å². The van der Waals surface area contributed by atoms with E-state index in [2.05, 4.69) is 5.32 Å². The minimum Gasteiger partial charge on any atom is -0.336 e. The minimum atomic E-state index is -1.67. The van der Waals surface area contributed by atoms with Gasteiger partial charge in [0.25, 0.3) is 11.8 Å². The maximum absolute atomic E-state index is 13.7. The maximum Gasteiger partial charge on any atom is 0.280 e. The number of hydrogen-bond acceptors (Lipinski definition) is 2. The van der Waals surface area contributed by atoms with Crippen molar-refractivity contribution in [1.82, 2.24) is 4.90 Å². The van der Waals surface area contributed by atoms with Gasteiger partial charge in [-0.1, -0.05) is 12.1 Å². The number of quaternary nitrogens is 1. The largest absolute Gasteiger partial charge is 0.336 e. The summed E-state index contributed by atoms with van der Waals surface area (Å²) in [5.41, 5.74) is 0.140. The summed E-state index contributed by atoms with van der Waals surface area (Å²) >= 11 is 0. The highest BCUT2D eigenvalue weighted by atomic mass is 19.2. The minimum absolute atomic E-state index is 0.195. The number of nitrogens with zero attached hydrogens (tertiary/aromatic N) is 1. The van der Waals surface area contributed by atoms with Gasteiger partial charge in [0.1, 0.15) is 5.82 Å². The molecular weight excluding hydrogens is 390 g/mol. The second-order valence-electron chi connectivity index (χ2n) is 6.84. The average molecular weight is 412 g/mol. The summed E-state index contributed by atoms with van der Waals surface area (Å²) in [7, 11) is 3.16. The Labute approximate surface area is 165 Å². The predicted octanol–water partition coefficient (Wildman–Crippen LogP) is 1.74. The standard InChI is InChI=1S/C20H21F4N3O2/c1-12(20(29)27(3)10-13-5-4-6-14(21)9-13)26(2)11-17(28)25-16-8-7-15(22)18(23)19(16)24/h4-9,12H,10-11H2,1-3H3,(H,25,28)/p+1/t12-/m1/s1. The number of anilines is 1. The summed E-state index contributed by atoms with van der Waals surface area (Å²) in [5, 5.41) is 2.17. The van der Waals surface area contributed by atoms with E-state index in [9.17, 15) is 27.2 Å². The van der Waals surface area contributed by atoms with Crippen molar-refractivity contribution >= 4 is 17.5 Å².